The Morgan fingerprint density at radius 2 is 2.19 bits per heavy atom. The van der Waals surface area contributed by atoms with Gasteiger partial charge in [0.25, 0.3) is 12.1 Å². The summed E-state index contributed by atoms with van der Waals surface area (Å²) < 4.78 is 24.2. The van der Waals surface area contributed by atoms with Crippen molar-refractivity contribution in [3.8, 4) is 0 Å². The van der Waals surface area contributed by atoms with Crippen LogP contribution in [0.1, 0.15) is 5.56 Å². The van der Waals surface area contributed by atoms with Crippen LogP contribution in [0.25, 0.3) is 0 Å². The lowest BCUT2D eigenvalue weighted by atomic mass is 10.2. The highest BCUT2D eigenvalue weighted by atomic mass is 79.9. The molecule has 0 bridgehead atoms. The number of nitro benzene ring substituents is 1. The number of hydrogen-bond donors (Lipinski definition) is 1. The standard InChI is InChI=1S/C9H9BrF2N2O2/c10-8-3-7(14(15)16)2-1-6(8)4-13-5-9(11)12/h1-3,9,13H,4-5H2. The van der Waals surface area contributed by atoms with Crippen LogP contribution >= 0.6 is 15.9 Å². The van der Waals surface area contributed by atoms with Gasteiger partial charge in [0.15, 0.2) is 0 Å². The van der Waals surface area contributed by atoms with Gasteiger partial charge in [0.1, 0.15) is 0 Å². The van der Waals surface area contributed by atoms with E-state index in [0.29, 0.717) is 10.0 Å². The van der Waals surface area contributed by atoms with Gasteiger partial charge in [-0.1, -0.05) is 15.9 Å². The highest BCUT2D eigenvalue weighted by molar-refractivity contribution is 9.10. The molecule has 0 saturated heterocycles. The first-order valence-electron chi connectivity index (χ1n) is 4.42. The average Bonchev–Trinajstić information content (AvgIpc) is 2.19. The van der Waals surface area contributed by atoms with E-state index in [2.05, 4.69) is 21.2 Å². The third-order valence-electron chi connectivity index (χ3n) is 1.86. The van der Waals surface area contributed by atoms with Crippen LogP contribution < -0.4 is 5.32 Å². The van der Waals surface area contributed by atoms with Crippen LogP contribution in [0.2, 0.25) is 0 Å². The third-order valence-corrected chi connectivity index (χ3v) is 2.60. The van der Waals surface area contributed by atoms with Crippen LogP contribution in [-0.2, 0) is 6.54 Å². The van der Waals surface area contributed by atoms with Gasteiger partial charge in [-0.15, -0.1) is 0 Å². The molecule has 16 heavy (non-hydrogen) atoms. The zero-order valence-corrected chi connectivity index (χ0v) is 9.71. The summed E-state index contributed by atoms with van der Waals surface area (Å²) in [4.78, 5) is 9.92. The third kappa shape index (κ3) is 3.82. The molecule has 1 aromatic rings. The molecule has 88 valence electrons. The Hall–Kier alpha value is -1.08. The van der Waals surface area contributed by atoms with Gasteiger partial charge in [-0.05, 0) is 11.6 Å². The molecule has 4 nitrogen and oxygen atoms in total. The largest absolute Gasteiger partial charge is 0.307 e. The van der Waals surface area contributed by atoms with Gasteiger partial charge < -0.3 is 5.32 Å². The van der Waals surface area contributed by atoms with Crippen LogP contribution in [0.15, 0.2) is 22.7 Å². The quantitative estimate of drug-likeness (QED) is 0.671. The second-order valence-corrected chi connectivity index (χ2v) is 3.91. The summed E-state index contributed by atoms with van der Waals surface area (Å²) in [5.41, 5.74) is 0.663. The zero-order chi connectivity index (χ0) is 12.1. The lowest BCUT2D eigenvalue weighted by Crippen LogP contribution is -2.20. The Bertz CT molecular complexity index is 388. The summed E-state index contributed by atoms with van der Waals surface area (Å²) in [5.74, 6) is 0. The summed E-state index contributed by atoms with van der Waals surface area (Å²) in [6.07, 6.45) is -2.41. The molecule has 0 aromatic heterocycles. The van der Waals surface area contributed by atoms with Crippen LogP contribution in [0.3, 0.4) is 0 Å². The molecule has 1 aromatic carbocycles. The SMILES string of the molecule is O=[N+]([O-])c1ccc(CNCC(F)F)c(Br)c1. The monoisotopic (exact) mass is 294 g/mol. The Labute approximate surface area is 98.9 Å². The van der Waals surface area contributed by atoms with E-state index in [1.807, 2.05) is 0 Å². The van der Waals surface area contributed by atoms with Crippen LogP contribution in [0.5, 0.6) is 0 Å². The number of nitro groups is 1. The maximum Gasteiger partial charge on any atom is 0.270 e. The molecular weight excluding hydrogens is 286 g/mol. The Kier molecular flexibility index (Phi) is 4.75. The fourth-order valence-electron chi connectivity index (χ4n) is 1.11. The highest BCUT2D eigenvalue weighted by Gasteiger charge is 2.09. The van der Waals surface area contributed by atoms with Crippen LogP contribution in [0.4, 0.5) is 14.5 Å². The van der Waals surface area contributed by atoms with E-state index in [9.17, 15) is 18.9 Å². The number of nitrogens with zero attached hydrogens (tertiary/aromatic N) is 1. The smallest absolute Gasteiger partial charge is 0.270 e. The highest BCUT2D eigenvalue weighted by Crippen LogP contribution is 2.22. The molecular formula is C9H9BrF2N2O2. The predicted octanol–water partition coefficient (Wildman–Crippen LogP) is 2.71. The number of nitrogens with one attached hydrogen (secondary N) is 1. The molecule has 0 spiro atoms. The molecule has 0 amide bonds. The van der Waals surface area contributed by atoms with E-state index in [-0.39, 0.29) is 12.2 Å². The van der Waals surface area contributed by atoms with Crippen LogP contribution in [0, 0.1) is 10.1 Å². The van der Waals surface area contributed by atoms with Crippen molar-refractivity contribution in [2.75, 3.05) is 6.54 Å². The van der Waals surface area contributed by atoms with E-state index >= 15 is 0 Å². The molecule has 0 heterocycles. The van der Waals surface area contributed by atoms with Crippen molar-refractivity contribution in [2.24, 2.45) is 0 Å². The molecule has 0 fully saturated rings. The van der Waals surface area contributed by atoms with Gasteiger partial charge in [-0.25, -0.2) is 8.78 Å². The minimum Gasteiger partial charge on any atom is -0.307 e. The summed E-state index contributed by atoms with van der Waals surface area (Å²) in [6.45, 7) is -0.160. The summed E-state index contributed by atoms with van der Waals surface area (Å²) in [6, 6.07) is 4.21. The molecule has 7 heteroatoms. The summed E-state index contributed by atoms with van der Waals surface area (Å²) in [7, 11) is 0. The van der Waals surface area contributed by atoms with E-state index in [1.54, 1.807) is 0 Å². The summed E-state index contributed by atoms with van der Waals surface area (Å²) >= 11 is 3.15. The summed E-state index contributed by atoms with van der Waals surface area (Å²) in [5, 5.41) is 13.0. The van der Waals surface area contributed by atoms with Gasteiger partial charge in [0.05, 0.1) is 11.5 Å². The van der Waals surface area contributed by atoms with Crippen molar-refractivity contribution >= 4 is 21.6 Å². The molecule has 0 aliphatic heterocycles. The average molecular weight is 295 g/mol. The number of non-ortho nitro benzene ring substituents is 1. The minimum absolute atomic E-state index is 0.0375. The lowest BCUT2D eigenvalue weighted by Gasteiger charge is -2.06. The first kappa shape index (κ1) is 13.0. The Morgan fingerprint density at radius 3 is 2.69 bits per heavy atom. The molecule has 1 rings (SSSR count). The molecule has 0 aliphatic rings. The number of rotatable bonds is 5. The normalized spacial score (nSPS) is 10.8. The van der Waals surface area contributed by atoms with Crippen LogP contribution in [-0.4, -0.2) is 17.9 Å². The van der Waals surface area contributed by atoms with Crippen molar-refractivity contribution in [3.63, 3.8) is 0 Å². The Balaban J connectivity index is 2.64. The molecule has 1 N–H and O–H groups in total. The lowest BCUT2D eigenvalue weighted by molar-refractivity contribution is -0.384. The van der Waals surface area contributed by atoms with Gasteiger partial charge in [0, 0.05) is 23.2 Å². The van der Waals surface area contributed by atoms with E-state index < -0.39 is 17.9 Å². The van der Waals surface area contributed by atoms with Gasteiger partial charge in [-0.3, -0.25) is 10.1 Å². The number of hydrogen-bond acceptors (Lipinski definition) is 3. The predicted molar refractivity (Wildman–Crippen MR) is 58.5 cm³/mol. The fraction of sp³-hybridized carbons (Fsp3) is 0.333. The second-order valence-electron chi connectivity index (χ2n) is 3.05. The van der Waals surface area contributed by atoms with E-state index in [0.717, 1.165) is 0 Å². The van der Waals surface area contributed by atoms with Crippen molar-refractivity contribution in [2.45, 2.75) is 13.0 Å². The van der Waals surface area contributed by atoms with Crippen molar-refractivity contribution in [3.05, 3.63) is 38.3 Å². The van der Waals surface area contributed by atoms with Gasteiger partial charge in [-0.2, -0.15) is 0 Å². The second kappa shape index (κ2) is 5.86. The maximum atomic E-state index is 11.8. The number of benzene rings is 1. The van der Waals surface area contributed by atoms with Crippen molar-refractivity contribution in [1.29, 1.82) is 0 Å². The van der Waals surface area contributed by atoms with E-state index in [4.69, 9.17) is 0 Å². The molecule has 0 unspecified atom stereocenters. The molecule has 0 atom stereocenters. The molecule has 0 radical (unpaired) electrons. The molecule has 0 aliphatic carbocycles. The molecule has 0 saturated carbocycles. The first-order valence-corrected chi connectivity index (χ1v) is 5.21. The minimum atomic E-state index is -2.41. The van der Waals surface area contributed by atoms with Gasteiger partial charge in [0.2, 0.25) is 0 Å². The van der Waals surface area contributed by atoms with Crippen molar-refractivity contribution < 1.29 is 13.7 Å². The Morgan fingerprint density at radius 1 is 1.50 bits per heavy atom. The zero-order valence-electron chi connectivity index (χ0n) is 8.12. The van der Waals surface area contributed by atoms with Gasteiger partial charge >= 0.3 is 0 Å². The van der Waals surface area contributed by atoms with E-state index in [1.165, 1.54) is 18.2 Å². The topological polar surface area (TPSA) is 55.2 Å². The first-order chi connectivity index (χ1) is 7.50. The fourth-order valence-corrected chi connectivity index (χ4v) is 1.62. The maximum absolute atomic E-state index is 11.8. The number of halogens is 3. The van der Waals surface area contributed by atoms with Crippen molar-refractivity contribution in [1.82, 2.24) is 5.32 Å². The number of alkyl halides is 2.